The molecule has 2 unspecified atom stereocenters. The van der Waals surface area contributed by atoms with Crippen LogP contribution in [0, 0.1) is 17.8 Å². The molecule has 0 spiro atoms. The van der Waals surface area contributed by atoms with Gasteiger partial charge >= 0.3 is 0 Å². The maximum Gasteiger partial charge on any atom is 0.227 e. The van der Waals surface area contributed by atoms with Gasteiger partial charge in [0, 0.05) is 36.3 Å². The Morgan fingerprint density at radius 3 is 2.61 bits per heavy atom. The highest BCUT2D eigenvalue weighted by Gasteiger charge is 2.40. The van der Waals surface area contributed by atoms with Gasteiger partial charge in [-0.05, 0) is 74.1 Å². The molecule has 1 aliphatic heterocycles. The highest BCUT2D eigenvalue weighted by Crippen LogP contribution is 2.42. The molecule has 5 nitrogen and oxygen atoms in total. The number of anilines is 2. The quantitative estimate of drug-likeness (QED) is 0.797. The van der Waals surface area contributed by atoms with E-state index >= 15 is 0 Å². The van der Waals surface area contributed by atoms with Crippen LogP contribution >= 0.6 is 12.4 Å². The molecule has 2 atom stereocenters. The van der Waals surface area contributed by atoms with Gasteiger partial charge in [0.05, 0.1) is 0 Å². The average molecular weight is 406 g/mol. The zero-order valence-electron chi connectivity index (χ0n) is 16.7. The van der Waals surface area contributed by atoms with Crippen molar-refractivity contribution in [2.24, 2.45) is 23.5 Å². The van der Waals surface area contributed by atoms with E-state index in [-0.39, 0.29) is 36.2 Å². The molecule has 3 N–H and O–H groups in total. The number of carbonyl (C=O) groups excluding carboxylic acids is 2. The zero-order valence-corrected chi connectivity index (χ0v) is 17.5. The van der Waals surface area contributed by atoms with Crippen molar-refractivity contribution < 1.29 is 9.59 Å². The predicted molar refractivity (Wildman–Crippen MR) is 115 cm³/mol. The summed E-state index contributed by atoms with van der Waals surface area (Å²) in [6.45, 7) is 2.84. The van der Waals surface area contributed by atoms with Gasteiger partial charge in [0.15, 0.2) is 0 Å². The Balaban J connectivity index is 0.00000225. The molecule has 4 rings (SSSR count). The number of carbonyl (C=O) groups is 2. The van der Waals surface area contributed by atoms with E-state index in [2.05, 4.69) is 18.3 Å². The standard InChI is InChI=1S/C22H31N3O2.ClH/c1-2-10-25-19-8-7-18(13-14(19)6-9-20(25)26)24-22(27)17-11-15-4-3-5-16(12-17)21(15)23;/h7-8,13,15-17,21H,2-6,9-12,23H2,1H3,(H,24,27);1H. The Bertz CT molecular complexity index is 724. The number of nitrogens with one attached hydrogen (secondary N) is 1. The van der Waals surface area contributed by atoms with Crippen LogP contribution in [0.5, 0.6) is 0 Å². The molecule has 2 amide bonds. The number of amides is 2. The minimum absolute atomic E-state index is 0. The lowest BCUT2D eigenvalue weighted by Crippen LogP contribution is -2.48. The van der Waals surface area contributed by atoms with Crippen molar-refractivity contribution in [2.75, 3.05) is 16.8 Å². The van der Waals surface area contributed by atoms with Gasteiger partial charge in [0.1, 0.15) is 0 Å². The van der Waals surface area contributed by atoms with E-state index in [1.54, 1.807) is 0 Å². The van der Waals surface area contributed by atoms with E-state index in [1.807, 2.05) is 17.0 Å². The smallest absolute Gasteiger partial charge is 0.227 e. The first-order valence-corrected chi connectivity index (χ1v) is 10.6. The van der Waals surface area contributed by atoms with Gasteiger partial charge in [0.25, 0.3) is 0 Å². The van der Waals surface area contributed by atoms with Crippen molar-refractivity contribution in [3.63, 3.8) is 0 Å². The van der Waals surface area contributed by atoms with Crippen molar-refractivity contribution in [1.82, 2.24) is 0 Å². The molecule has 2 bridgehead atoms. The topological polar surface area (TPSA) is 75.4 Å². The summed E-state index contributed by atoms with van der Waals surface area (Å²) in [6.07, 6.45) is 7.68. The third-order valence-corrected chi connectivity index (χ3v) is 6.78. The molecule has 2 saturated carbocycles. The molecule has 3 aliphatic rings. The molecule has 0 radical (unpaired) electrons. The van der Waals surface area contributed by atoms with Crippen LogP contribution in [0.3, 0.4) is 0 Å². The van der Waals surface area contributed by atoms with Crippen molar-refractivity contribution in [2.45, 2.75) is 64.3 Å². The molecule has 2 aliphatic carbocycles. The van der Waals surface area contributed by atoms with Crippen LogP contribution in [0.2, 0.25) is 0 Å². The molecule has 1 heterocycles. The van der Waals surface area contributed by atoms with Crippen LogP contribution in [-0.4, -0.2) is 24.4 Å². The Morgan fingerprint density at radius 2 is 1.93 bits per heavy atom. The van der Waals surface area contributed by atoms with Gasteiger partial charge in [-0.3, -0.25) is 9.59 Å². The van der Waals surface area contributed by atoms with Crippen molar-refractivity contribution >= 4 is 35.6 Å². The number of hydrogen-bond acceptors (Lipinski definition) is 3. The first kappa shape index (κ1) is 21.1. The van der Waals surface area contributed by atoms with E-state index in [0.717, 1.165) is 49.2 Å². The summed E-state index contributed by atoms with van der Waals surface area (Å²) in [7, 11) is 0. The second-order valence-electron chi connectivity index (χ2n) is 8.57. The van der Waals surface area contributed by atoms with E-state index in [4.69, 9.17) is 5.73 Å². The Morgan fingerprint density at radius 1 is 1.21 bits per heavy atom. The Kier molecular flexibility index (Phi) is 6.66. The number of fused-ring (bicyclic) bond motifs is 3. The van der Waals surface area contributed by atoms with Gasteiger partial charge in [-0.15, -0.1) is 12.4 Å². The van der Waals surface area contributed by atoms with E-state index in [9.17, 15) is 9.59 Å². The third-order valence-electron chi connectivity index (χ3n) is 6.78. The summed E-state index contributed by atoms with van der Waals surface area (Å²) < 4.78 is 0. The van der Waals surface area contributed by atoms with Crippen molar-refractivity contribution in [1.29, 1.82) is 0 Å². The van der Waals surface area contributed by atoms with E-state index in [0.29, 0.717) is 18.3 Å². The average Bonchev–Trinajstić information content (AvgIpc) is 2.64. The van der Waals surface area contributed by atoms with E-state index in [1.165, 1.54) is 19.3 Å². The van der Waals surface area contributed by atoms with Gasteiger partial charge in [-0.25, -0.2) is 0 Å². The van der Waals surface area contributed by atoms with Crippen LogP contribution < -0.4 is 16.0 Å². The Labute approximate surface area is 173 Å². The highest BCUT2D eigenvalue weighted by molar-refractivity contribution is 5.98. The molecular formula is C22H32ClN3O2. The maximum absolute atomic E-state index is 12.9. The number of hydrogen-bond donors (Lipinski definition) is 2. The van der Waals surface area contributed by atoms with Crippen LogP contribution in [-0.2, 0) is 16.0 Å². The molecule has 0 aromatic heterocycles. The van der Waals surface area contributed by atoms with Crippen LogP contribution in [0.25, 0.3) is 0 Å². The third kappa shape index (κ3) is 4.06. The number of benzene rings is 1. The number of nitrogens with zero attached hydrogens (tertiary/aromatic N) is 1. The number of rotatable bonds is 4. The second-order valence-corrected chi connectivity index (χ2v) is 8.57. The molecule has 6 heteroatoms. The molecule has 28 heavy (non-hydrogen) atoms. The minimum Gasteiger partial charge on any atom is -0.327 e. The first-order valence-electron chi connectivity index (χ1n) is 10.6. The van der Waals surface area contributed by atoms with Gasteiger partial charge in [0.2, 0.25) is 11.8 Å². The molecule has 0 saturated heterocycles. The zero-order chi connectivity index (χ0) is 19.0. The van der Waals surface area contributed by atoms with Crippen LogP contribution in [0.4, 0.5) is 11.4 Å². The Hall–Kier alpha value is -1.59. The van der Waals surface area contributed by atoms with Crippen molar-refractivity contribution in [3.8, 4) is 0 Å². The predicted octanol–water partition coefficient (Wildman–Crippen LogP) is 3.89. The summed E-state index contributed by atoms with van der Waals surface area (Å²) in [4.78, 5) is 26.9. The van der Waals surface area contributed by atoms with Gasteiger partial charge in [-0.2, -0.15) is 0 Å². The summed E-state index contributed by atoms with van der Waals surface area (Å²) in [5, 5.41) is 3.14. The molecule has 1 aromatic carbocycles. The summed E-state index contributed by atoms with van der Waals surface area (Å²) in [5.74, 6) is 1.42. The maximum atomic E-state index is 12.9. The largest absolute Gasteiger partial charge is 0.327 e. The normalized spacial score (nSPS) is 28.9. The fourth-order valence-corrected chi connectivity index (χ4v) is 5.35. The summed E-state index contributed by atoms with van der Waals surface area (Å²) in [5.41, 5.74) is 9.37. The fourth-order valence-electron chi connectivity index (χ4n) is 5.35. The lowest BCUT2D eigenvalue weighted by atomic mass is 9.65. The number of aryl methyl sites for hydroxylation is 1. The fraction of sp³-hybridized carbons (Fsp3) is 0.636. The van der Waals surface area contributed by atoms with Gasteiger partial charge < -0.3 is 16.0 Å². The highest BCUT2D eigenvalue weighted by atomic mass is 35.5. The summed E-state index contributed by atoms with van der Waals surface area (Å²) >= 11 is 0. The van der Waals surface area contributed by atoms with E-state index < -0.39 is 0 Å². The number of halogens is 1. The molecule has 1 aromatic rings. The minimum atomic E-state index is 0. The molecular weight excluding hydrogens is 374 g/mol. The van der Waals surface area contributed by atoms with Crippen LogP contribution in [0.15, 0.2) is 18.2 Å². The summed E-state index contributed by atoms with van der Waals surface area (Å²) in [6, 6.07) is 6.27. The SMILES string of the molecule is CCCN1C(=O)CCc2cc(NC(=O)C3CC4CCCC(C3)C4N)ccc21.Cl. The van der Waals surface area contributed by atoms with Crippen molar-refractivity contribution in [3.05, 3.63) is 23.8 Å². The van der Waals surface area contributed by atoms with Crippen LogP contribution in [0.1, 0.15) is 57.4 Å². The number of nitrogens with two attached hydrogens (primary N) is 1. The lowest BCUT2D eigenvalue weighted by Gasteiger charge is -2.43. The lowest BCUT2D eigenvalue weighted by molar-refractivity contribution is -0.122. The first-order chi connectivity index (χ1) is 13.1. The monoisotopic (exact) mass is 405 g/mol. The second kappa shape index (κ2) is 8.83. The molecule has 2 fully saturated rings. The van der Waals surface area contributed by atoms with Gasteiger partial charge in [-0.1, -0.05) is 13.3 Å². The molecule has 154 valence electrons.